The van der Waals surface area contributed by atoms with Gasteiger partial charge >= 0.3 is 0 Å². The third-order valence-corrected chi connectivity index (χ3v) is 5.05. The summed E-state index contributed by atoms with van der Waals surface area (Å²) >= 11 is 3.42. The molecule has 2 rings (SSSR count). The minimum atomic E-state index is -0.540. The van der Waals surface area contributed by atoms with Gasteiger partial charge in [0.25, 0.3) is 0 Å². The molecule has 1 N–H and O–H groups in total. The molecule has 2 aromatic carbocycles. The van der Waals surface area contributed by atoms with Crippen LogP contribution < -0.4 is 5.32 Å². The molecule has 0 bridgehead atoms. The maximum atomic E-state index is 13.0. The van der Waals surface area contributed by atoms with Crippen molar-refractivity contribution in [3.05, 3.63) is 69.2 Å². The van der Waals surface area contributed by atoms with Gasteiger partial charge in [0.2, 0.25) is 11.8 Å². The summed E-state index contributed by atoms with van der Waals surface area (Å²) in [4.78, 5) is 26.9. The zero-order valence-corrected chi connectivity index (χ0v) is 17.3. The van der Waals surface area contributed by atoms with Crippen LogP contribution in [-0.4, -0.2) is 29.8 Å². The predicted molar refractivity (Wildman–Crippen MR) is 108 cm³/mol. The molecule has 4 nitrogen and oxygen atoms in total. The van der Waals surface area contributed by atoms with Gasteiger partial charge in [-0.1, -0.05) is 51.8 Å². The number of amides is 2. The highest BCUT2D eigenvalue weighted by Gasteiger charge is 2.25. The molecule has 1 unspecified atom stereocenters. The summed E-state index contributed by atoms with van der Waals surface area (Å²) in [5, 5.41) is 2.64. The highest BCUT2D eigenvalue weighted by molar-refractivity contribution is 9.10. The zero-order valence-electron chi connectivity index (χ0n) is 15.7. The van der Waals surface area contributed by atoms with E-state index >= 15 is 0 Å². The van der Waals surface area contributed by atoms with Crippen molar-refractivity contribution in [2.24, 2.45) is 0 Å². The van der Waals surface area contributed by atoms with E-state index in [0.29, 0.717) is 6.54 Å². The van der Waals surface area contributed by atoms with Crippen molar-refractivity contribution < 1.29 is 9.59 Å². The third kappa shape index (κ3) is 5.18. The molecule has 2 aromatic rings. The topological polar surface area (TPSA) is 49.4 Å². The number of carbonyl (C=O) groups excluding carboxylic acids is 2. The Bertz CT molecular complexity index is 787. The SMILES string of the molecule is CNC(=O)C(C)N(Cc1ccc(Br)cc1)C(=O)Cc1cc(C)ccc1C. The smallest absolute Gasteiger partial charge is 0.242 e. The lowest BCUT2D eigenvalue weighted by Gasteiger charge is -2.28. The average molecular weight is 417 g/mol. The van der Waals surface area contributed by atoms with Crippen molar-refractivity contribution in [1.29, 1.82) is 0 Å². The summed E-state index contributed by atoms with van der Waals surface area (Å²) in [5.74, 6) is -0.228. The van der Waals surface area contributed by atoms with E-state index in [1.165, 1.54) is 0 Å². The first kappa shape index (κ1) is 20.2. The number of rotatable bonds is 6. The minimum Gasteiger partial charge on any atom is -0.357 e. The summed E-state index contributed by atoms with van der Waals surface area (Å²) in [6, 6.07) is 13.4. The molecule has 26 heavy (non-hydrogen) atoms. The molecular weight excluding hydrogens is 392 g/mol. The second kappa shape index (κ2) is 8.99. The van der Waals surface area contributed by atoms with E-state index in [-0.39, 0.29) is 18.2 Å². The Morgan fingerprint density at radius 1 is 1.12 bits per heavy atom. The monoisotopic (exact) mass is 416 g/mol. The highest BCUT2D eigenvalue weighted by atomic mass is 79.9. The number of halogens is 1. The lowest BCUT2D eigenvalue weighted by Crippen LogP contribution is -2.47. The fraction of sp³-hybridized carbons (Fsp3) is 0.333. The van der Waals surface area contributed by atoms with Gasteiger partial charge in [0.1, 0.15) is 6.04 Å². The van der Waals surface area contributed by atoms with Crippen molar-refractivity contribution in [3.63, 3.8) is 0 Å². The van der Waals surface area contributed by atoms with Gasteiger partial charge in [-0.15, -0.1) is 0 Å². The van der Waals surface area contributed by atoms with Gasteiger partial charge in [-0.25, -0.2) is 0 Å². The quantitative estimate of drug-likeness (QED) is 0.778. The number of benzene rings is 2. The van der Waals surface area contributed by atoms with E-state index in [1.54, 1.807) is 18.9 Å². The molecule has 138 valence electrons. The van der Waals surface area contributed by atoms with Gasteiger partial charge in [0, 0.05) is 18.1 Å². The van der Waals surface area contributed by atoms with Crippen LogP contribution in [0.1, 0.15) is 29.2 Å². The van der Waals surface area contributed by atoms with Crippen LogP contribution >= 0.6 is 15.9 Å². The minimum absolute atomic E-state index is 0.0577. The molecule has 5 heteroatoms. The largest absolute Gasteiger partial charge is 0.357 e. The van der Waals surface area contributed by atoms with Crippen LogP contribution in [0.25, 0.3) is 0 Å². The van der Waals surface area contributed by atoms with Gasteiger partial charge in [0.15, 0.2) is 0 Å². The number of hydrogen-bond acceptors (Lipinski definition) is 2. The van der Waals surface area contributed by atoms with Gasteiger partial charge in [-0.3, -0.25) is 9.59 Å². The van der Waals surface area contributed by atoms with Gasteiger partial charge in [-0.05, 0) is 49.6 Å². The summed E-state index contributed by atoms with van der Waals surface area (Å²) in [7, 11) is 1.59. The molecule has 2 amide bonds. The summed E-state index contributed by atoms with van der Waals surface area (Å²) < 4.78 is 0.980. The van der Waals surface area contributed by atoms with E-state index < -0.39 is 6.04 Å². The molecule has 0 aliphatic carbocycles. The first-order valence-corrected chi connectivity index (χ1v) is 9.42. The number of carbonyl (C=O) groups is 2. The second-order valence-electron chi connectivity index (χ2n) is 6.55. The maximum Gasteiger partial charge on any atom is 0.242 e. The van der Waals surface area contributed by atoms with Crippen LogP contribution in [0, 0.1) is 13.8 Å². The summed E-state index contributed by atoms with van der Waals surface area (Å²) in [6.45, 7) is 6.17. The zero-order chi connectivity index (χ0) is 19.3. The number of nitrogens with one attached hydrogen (secondary N) is 1. The van der Waals surface area contributed by atoms with Crippen LogP contribution in [0.15, 0.2) is 46.9 Å². The fourth-order valence-corrected chi connectivity index (χ4v) is 3.10. The number of nitrogens with zero attached hydrogens (tertiary/aromatic N) is 1. The Balaban J connectivity index is 2.26. The highest BCUT2D eigenvalue weighted by Crippen LogP contribution is 2.17. The van der Waals surface area contributed by atoms with Crippen LogP contribution in [0.3, 0.4) is 0 Å². The van der Waals surface area contributed by atoms with Gasteiger partial charge in [0.05, 0.1) is 6.42 Å². The van der Waals surface area contributed by atoms with E-state index in [4.69, 9.17) is 0 Å². The number of hydrogen-bond donors (Lipinski definition) is 1. The van der Waals surface area contributed by atoms with Crippen molar-refractivity contribution in [2.75, 3.05) is 7.05 Å². The standard InChI is InChI=1S/C21H25BrN2O2/c1-14-5-6-15(2)18(11-14)12-20(25)24(16(3)21(26)23-4)13-17-7-9-19(22)10-8-17/h5-11,16H,12-13H2,1-4H3,(H,23,26). The van der Waals surface area contributed by atoms with Crippen molar-refractivity contribution in [2.45, 2.75) is 39.8 Å². The molecule has 0 heterocycles. The fourth-order valence-electron chi connectivity index (χ4n) is 2.83. The van der Waals surface area contributed by atoms with Crippen LogP contribution in [0.4, 0.5) is 0 Å². The van der Waals surface area contributed by atoms with Crippen molar-refractivity contribution in [3.8, 4) is 0 Å². The van der Waals surface area contributed by atoms with E-state index in [2.05, 4.69) is 21.2 Å². The van der Waals surface area contributed by atoms with Crippen LogP contribution in [-0.2, 0) is 22.6 Å². The molecular formula is C21H25BrN2O2. The molecule has 0 aromatic heterocycles. The lowest BCUT2D eigenvalue weighted by atomic mass is 10.0. The molecule has 0 aliphatic rings. The Morgan fingerprint density at radius 3 is 2.38 bits per heavy atom. The Kier molecular flexibility index (Phi) is 6.98. The second-order valence-corrected chi connectivity index (χ2v) is 7.46. The van der Waals surface area contributed by atoms with Crippen LogP contribution in [0.5, 0.6) is 0 Å². The first-order chi connectivity index (χ1) is 12.3. The van der Waals surface area contributed by atoms with E-state index in [0.717, 1.165) is 26.7 Å². The Labute approximate surface area is 163 Å². The Morgan fingerprint density at radius 2 is 1.77 bits per heavy atom. The summed E-state index contributed by atoms with van der Waals surface area (Å²) in [5.41, 5.74) is 4.19. The van der Waals surface area contributed by atoms with Gasteiger partial charge in [-0.2, -0.15) is 0 Å². The maximum absolute atomic E-state index is 13.0. The van der Waals surface area contributed by atoms with E-state index in [1.807, 2.05) is 56.3 Å². The predicted octanol–water partition coefficient (Wildman–Crippen LogP) is 3.77. The molecule has 0 saturated carbocycles. The lowest BCUT2D eigenvalue weighted by molar-refractivity contribution is -0.139. The van der Waals surface area contributed by atoms with Gasteiger partial charge < -0.3 is 10.2 Å². The number of aryl methyl sites for hydroxylation is 2. The number of likely N-dealkylation sites (N-methyl/N-ethyl adjacent to an activating group) is 1. The molecule has 0 fully saturated rings. The Hall–Kier alpha value is -2.14. The van der Waals surface area contributed by atoms with E-state index in [9.17, 15) is 9.59 Å². The first-order valence-electron chi connectivity index (χ1n) is 8.63. The van der Waals surface area contributed by atoms with Crippen molar-refractivity contribution in [1.82, 2.24) is 10.2 Å². The normalized spacial score (nSPS) is 11.7. The molecule has 0 aliphatic heterocycles. The summed E-state index contributed by atoms with van der Waals surface area (Å²) in [6.07, 6.45) is 0.283. The average Bonchev–Trinajstić information content (AvgIpc) is 2.62. The van der Waals surface area contributed by atoms with Crippen LogP contribution in [0.2, 0.25) is 0 Å². The van der Waals surface area contributed by atoms with Crippen molar-refractivity contribution >= 4 is 27.7 Å². The third-order valence-electron chi connectivity index (χ3n) is 4.53. The molecule has 1 atom stereocenters. The molecule has 0 saturated heterocycles. The molecule has 0 radical (unpaired) electrons. The molecule has 0 spiro atoms.